The van der Waals surface area contributed by atoms with Crippen molar-refractivity contribution in [3.63, 3.8) is 0 Å². The van der Waals surface area contributed by atoms with Crippen LogP contribution < -0.4 is 0 Å². The van der Waals surface area contributed by atoms with E-state index >= 15 is 0 Å². The van der Waals surface area contributed by atoms with E-state index in [1.807, 2.05) is 41.5 Å². The second kappa shape index (κ2) is 8.83. The summed E-state index contributed by atoms with van der Waals surface area (Å²) in [6.07, 6.45) is 0. The van der Waals surface area contributed by atoms with Crippen LogP contribution in [0.4, 0.5) is 0 Å². The monoisotopic (exact) mass is 267 g/mol. The van der Waals surface area contributed by atoms with Crippen LogP contribution in [-0.2, 0) is 30.6 Å². The summed E-state index contributed by atoms with van der Waals surface area (Å²) in [4.78, 5) is 20.9. The van der Waals surface area contributed by atoms with E-state index < -0.39 is 0 Å². The van der Waals surface area contributed by atoms with Crippen molar-refractivity contribution in [1.82, 2.24) is 0 Å². The Balaban J connectivity index is -0.000000183. The SMILES string of the molecule is CC(=O)C(C)(C)C.CC(=O)C(C)(C)C.[O]=[V]. The zero-order valence-corrected chi connectivity index (χ0v) is 13.1. The van der Waals surface area contributed by atoms with Gasteiger partial charge in [0.15, 0.2) is 0 Å². The van der Waals surface area contributed by atoms with Gasteiger partial charge in [-0.1, -0.05) is 41.5 Å². The van der Waals surface area contributed by atoms with Crippen molar-refractivity contribution in [2.75, 3.05) is 0 Å². The summed E-state index contributed by atoms with van der Waals surface area (Å²) in [5.74, 6) is 0.486. The van der Waals surface area contributed by atoms with Gasteiger partial charge < -0.3 is 0 Å². The van der Waals surface area contributed by atoms with Crippen molar-refractivity contribution in [1.29, 1.82) is 0 Å². The Morgan fingerprint density at radius 2 is 0.750 bits per heavy atom. The molecule has 0 rings (SSSR count). The molecule has 95 valence electrons. The molecule has 0 amide bonds. The molecule has 0 heterocycles. The van der Waals surface area contributed by atoms with Crippen LogP contribution in [-0.4, -0.2) is 11.6 Å². The molecule has 0 fully saturated rings. The summed E-state index contributed by atoms with van der Waals surface area (Å²) < 4.78 is 8.19. The zero-order valence-electron chi connectivity index (χ0n) is 11.7. The van der Waals surface area contributed by atoms with E-state index in [0.29, 0.717) is 0 Å². The quantitative estimate of drug-likeness (QED) is 0.677. The van der Waals surface area contributed by atoms with Crippen molar-refractivity contribution >= 4 is 11.6 Å². The Hall–Kier alpha value is -0.276. The topological polar surface area (TPSA) is 51.2 Å². The second-order valence-corrected chi connectivity index (χ2v) is 5.61. The first-order valence-electron chi connectivity index (χ1n) is 5.09. The first kappa shape index (κ1) is 21.1. The van der Waals surface area contributed by atoms with Gasteiger partial charge in [0.25, 0.3) is 0 Å². The van der Waals surface area contributed by atoms with E-state index in [-0.39, 0.29) is 22.4 Å². The van der Waals surface area contributed by atoms with Gasteiger partial charge in [-0.25, -0.2) is 0 Å². The number of hydrogen-bond donors (Lipinski definition) is 0. The van der Waals surface area contributed by atoms with Gasteiger partial charge in [-0.3, -0.25) is 9.59 Å². The van der Waals surface area contributed by atoms with Crippen molar-refractivity contribution < 1.29 is 30.6 Å². The van der Waals surface area contributed by atoms with Gasteiger partial charge in [0, 0.05) is 10.8 Å². The molecule has 0 radical (unpaired) electrons. The van der Waals surface area contributed by atoms with Gasteiger partial charge in [0.1, 0.15) is 11.6 Å². The number of carbonyl (C=O) groups excluding carboxylic acids is 2. The Labute approximate surface area is 109 Å². The van der Waals surface area contributed by atoms with Gasteiger partial charge >= 0.3 is 21.0 Å². The number of hydrogen-bond acceptors (Lipinski definition) is 3. The summed E-state index contributed by atoms with van der Waals surface area (Å²) in [6.45, 7) is 14.7. The third kappa shape index (κ3) is 16.2. The van der Waals surface area contributed by atoms with E-state index in [1.54, 1.807) is 13.8 Å². The van der Waals surface area contributed by atoms with E-state index in [4.69, 9.17) is 3.67 Å². The molecule has 0 aliphatic carbocycles. The average molecular weight is 267 g/mol. The third-order valence-corrected chi connectivity index (χ3v) is 2.11. The summed E-state index contributed by atoms with van der Waals surface area (Å²) in [5.41, 5.74) is -0.278. The van der Waals surface area contributed by atoms with Gasteiger partial charge in [-0.2, -0.15) is 0 Å². The number of ketones is 2. The predicted octanol–water partition coefficient (Wildman–Crippen LogP) is 3.12. The molecule has 0 spiro atoms. The van der Waals surface area contributed by atoms with Gasteiger partial charge in [-0.05, 0) is 13.8 Å². The Morgan fingerprint density at radius 3 is 0.750 bits per heavy atom. The standard InChI is InChI=1S/2C6H12O.O.V/c2*1-5(7)6(2,3)4;;/h2*1-4H3;;. The van der Waals surface area contributed by atoms with Crippen LogP contribution >= 0.6 is 0 Å². The molecule has 0 aromatic rings. The van der Waals surface area contributed by atoms with Crippen molar-refractivity contribution in [3.8, 4) is 0 Å². The molecular weight excluding hydrogens is 243 g/mol. The van der Waals surface area contributed by atoms with E-state index in [0.717, 1.165) is 17.4 Å². The summed E-state index contributed by atoms with van der Waals surface area (Å²) in [6, 6.07) is 0. The minimum absolute atomic E-state index is 0.139. The average Bonchev–Trinajstić information content (AvgIpc) is 2.05. The fourth-order valence-corrected chi connectivity index (χ4v) is 0. The van der Waals surface area contributed by atoms with E-state index in [2.05, 4.69) is 0 Å². The number of rotatable bonds is 0. The van der Waals surface area contributed by atoms with Crippen LogP contribution in [0.2, 0.25) is 0 Å². The van der Waals surface area contributed by atoms with Crippen LogP contribution in [0.3, 0.4) is 0 Å². The maximum atomic E-state index is 10.5. The molecule has 0 saturated heterocycles. The van der Waals surface area contributed by atoms with Crippen molar-refractivity contribution in [2.45, 2.75) is 55.4 Å². The van der Waals surface area contributed by atoms with Crippen LogP contribution in [0.15, 0.2) is 0 Å². The number of Topliss-reactive ketones (excluding diaryl/α,β-unsaturated/α-hetero) is 2. The van der Waals surface area contributed by atoms with Crippen LogP contribution in [0.25, 0.3) is 0 Å². The summed E-state index contributed by atoms with van der Waals surface area (Å²) in [5, 5.41) is 0. The third-order valence-electron chi connectivity index (χ3n) is 2.11. The molecule has 4 heteroatoms. The van der Waals surface area contributed by atoms with Crippen molar-refractivity contribution in [3.05, 3.63) is 0 Å². The molecule has 0 unspecified atom stereocenters. The normalized spacial score (nSPS) is 10.2. The van der Waals surface area contributed by atoms with Crippen LogP contribution in [0, 0.1) is 10.8 Å². The Kier molecular flexibility index (Phi) is 11.6. The minimum atomic E-state index is -0.139. The molecule has 0 atom stereocenters. The molecule has 0 N–H and O–H groups in total. The van der Waals surface area contributed by atoms with Crippen molar-refractivity contribution in [2.24, 2.45) is 10.8 Å². The molecule has 0 aromatic heterocycles. The van der Waals surface area contributed by atoms with Crippen LogP contribution in [0.1, 0.15) is 55.4 Å². The molecule has 16 heavy (non-hydrogen) atoms. The van der Waals surface area contributed by atoms with Crippen LogP contribution in [0.5, 0.6) is 0 Å². The van der Waals surface area contributed by atoms with E-state index in [1.165, 1.54) is 0 Å². The maximum absolute atomic E-state index is 10.5. The fraction of sp³-hybridized carbons (Fsp3) is 0.833. The molecule has 0 saturated carbocycles. The molecule has 0 aromatic carbocycles. The Bertz CT molecular complexity index is 197. The fourth-order valence-electron chi connectivity index (χ4n) is 0. The number of carbonyl (C=O) groups is 2. The molecular formula is C12H24O3V. The van der Waals surface area contributed by atoms with Gasteiger partial charge in [-0.15, -0.1) is 0 Å². The molecule has 3 nitrogen and oxygen atoms in total. The van der Waals surface area contributed by atoms with E-state index in [9.17, 15) is 9.59 Å². The Morgan fingerprint density at radius 1 is 0.688 bits per heavy atom. The first-order valence-corrected chi connectivity index (χ1v) is 5.66. The molecule has 0 aliphatic heterocycles. The molecule has 0 aliphatic rings. The summed E-state index contributed by atoms with van der Waals surface area (Å²) >= 11 is 1.06. The summed E-state index contributed by atoms with van der Waals surface area (Å²) in [7, 11) is 0. The first-order chi connectivity index (χ1) is 6.89. The second-order valence-electron chi connectivity index (χ2n) is 5.61. The molecule has 0 bridgehead atoms. The van der Waals surface area contributed by atoms with Gasteiger partial charge in [0.05, 0.1) is 0 Å². The zero-order chi connectivity index (χ0) is 14.2. The van der Waals surface area contributed by atoms with Gasteiger partial charge in [0.2, 0.25) is 0 Å². The predicted molar refractivity (Wildman–Crippen MR) is 61.0 cm³/mol.